The van der Waals surface area contributed by atoms with Crippen molar-refractivity contribution in [3.8, 4) is 0 Å². The lowest BCUT2D eigenvalue weighted by Crippen LogP contribution is -2.28. The number of hydrogen-bond acceptors (Lipinski definition) is 4. The van der Waals surface area contributed by atoms with Gasteiger partial charge in [-0.25, -0.2) is 4.98 Å². The lowest BCUT2D eigenvalue weighted by Gasteiger charge is -2.12. The maximum Gasteiger partial charge on any atom is 0.273 e. The van der Waals surface area contributed by atoms with Gasteiger partial charge in [-0.3, -0.25) is 14.9 Å². The van der Waals surface area contributed by atoms with Gasteiger partial charge >= 0.3 is 0 Å². The molecule has 1 heterocycles. The van der Waals surface area contributed by atoms with Crippen molar-refractivity contribution in [2.45, 2.75) is 19.9 Å². The molecule has 3 rings (SSSR count). The van der Waals surface area contributed by atoms with E-state index in [1.807, 2.05) is 31.2 Å². The van der Waals surface area contributed by atoms with E-state index in [1.165, 1.54) is 12.1 Å². The monoisotopic (exact) mass is 324 g/mol. The zero-order valence-electron chi connectivity index (χ0n) is 13.2. The number of imidazole rings is 1. The van der Waals surface area contributed by atoms with Crippen molar-refractivity contribution in [1.29, 1.82) is 0 Å². The number of carbonyl (C=O) groups is 1. The number of amides is 1. The first-order chi connectivity index (χ1) is 11.5. The van der Waals surface area contributed by atoms with Crippen molar-refractivity contribution in [3.05, 3.63) is 69.5 Å². The summed E-state index contributed by atoms with van der Waals surface area (Å²) in [5.74, 6) is 0.261. The van der Waals surface area contributed by atoms with Gasteiger partial charge in [-0.15, -0.1) is 0 Å². The predicted octanol–water partition coefficient (Wildman–Crippen LogP) is 3.27. The van der Waals surface area contributed by atoms with Crippen LogP contribution in [0.5, 0.6) is 0 Å². The number of carbonyl (C=O) groups excluding carboxylic acids is 1. The Morgan fingerprint density at radius 3 is 2.71 bits per heavy atom. The van der Waals surface area contributed by atoms with Crippen LogP contribution in [0, 0.1) is 17.0 Å². The third-order valence-electron chi connectivity index (χ3n) is 3.91. The molecular formula is C17H16N4O3. The van der Waals surface area contributed by atoms with Crippen LogP contribution in [0.2, 0.25) is 0 Å². The maximum atomic E-state index is 12.5. The molecule has 0 fully saturated rings. The van der Waals surface area contributed by atoms with Gasteiger partial charge in [-0.2, -0.15) is 0 Å². The number of aromatic amines is 1. The molecule has 2 N–H and O–H groups in total. The number of nitro groups is 1. The predicted molar refractivity (Wildman–Crippen MR) is 89.8 cm³/mol. The van der Waals surface area contributed by atoms with Crippen molar-refractivity contribution < 1.29 is 9.72 Å². The first-order valence-corrected chi connectivity index (χ1v) is 7.47. The molecule has 0 aliphatic heterocycles. The summed E-state index contributed by atoms with van der Waals surface area (Å²) in [4.78, 5) is 30.6. The minimum Gasteiger partial charge on any atom is -0.342 e. The van der Waals surface area contributed by atoms with Crippen LogP contribution < -0.4 is 5.32 Å². The minimum absolute atomic E-state index is 0.0703. The summed E-state index contributed by atoms with van der Waals surface area (Å²) in [6.45, 7) is 3.38. The fourth-order valence-corrected chi connectivity index (χ4v) is 2.59. The van der Waals surface area contributed by atoms with E-state index in [9.17, 15) is 14.9 Å². The van der Waals surface area contributed by atoms with Crippen molar-refractivity contribution in [2.24, 2.45) is 0 Å². The Labute approximate surface area is 137 Å². The fraction of sp³-hybridized carbons (Fsp3) is 0.176. The third-order valence-corrected chi connectivity index (χ3v) is 3.91. The number of aromatic nitrogens is 2. The van der Waals surface area contributed by atoms with Crippen molar-refractivity contribution in [3.63, 3.8) is 0 Å². The van der Waals surface area contributed by atoms with E-state index in [0.29, 0.717) is 11.4 Å². The van der Waals surface area contributed by atoms with Gasteiger partial charge in [0.05, 0.1) is 22.0 Å². The lowest BCUT2D eigenvalue weighted by molar-refractivity contribution is -0.385. The standard InChI is InChI=1S/C17H16N4O3/c1-10-12(6-5-9-15(10)21(23)24)17(22)18-11(2)16-19-13-7-3-4-8-14(13)20-16/h3-9,11H,1-2H3,(H,18,22)(H,19,20). The summed E-state index contributed by atoms with van der Waals surface area (Å²) >= 11 is 0. The summed E-state index contributed by atoms with van der Waals surface area (Å²) in [5, 5.41) is 13.8. The molecule has 7 heteroatoms. The van der Waals surface area contributed by atoms with E-state index in [4.69, 9.17) is 0 Å². The molecule has 24 heavy (non-hydrogen) atoms. The van der Waals surface area contributed by atoms with E-state index >= 15 is 0 Å². The van der Waals surface area contributed by atoms with Crippen LogP contribution >= 0.6 is 0 Å². The highest BCUT2D eigenvalue weighted by molar-refractivity contribution is 5.96. The molecule has 0 aliphatic rings. The molecule has 2 aromatic carbocycles. The molecule has 1 unspecified atom stereocenters. The second-order valence-electron chi connectivity index (χ2n) is 5.54. The molecule has 0 saturated carbocycles. The summed E-state index contributed by atoms with van der Waals surface area (Å²) in [5.41, 5.74) is 2.27. The Balaban J connectivity index is 1.84. The average Bonchev–Trinajstić information content (AvgIpc) is 2.98. The Bertz CT molecular complexity index is 899. The minimum atomic E-state index is -0.491. The Hall–Kier alpha value is -3.22. The van der Waals surface area contributed by atoms with Crippen LogP contribution in [0.1, 0.15) is 34.7 Å². The molecule has 7 nitrogen and oxygen atoms in total. The number of nitro benzene ring substituents is 1. The van der Waals surface area contributed by atoms with Gasteiger partial charge in [-0.1, -0.05) is 18.2 Å². The largest absolute Gasteiger partial charge is 0.342 e. The van der Waals surface area contributed by atoms with E-state index in [1.54, 1.807) is 13.0 Å². The van der Waals surface area contributed by atoms with Crippen LogP contribution in [0.3, 0.4) is 0 Å². The molecule has 122 valence electrons. The van der Waals surface area contributed by atoms with Crippen LogP contribution in [0.15, 0.2) is 42.5 Å². The van der Waals surface area contributed by atoms with Gasteiger partial charge in [0, 0.05) is 17.2 Å². The molecule has 0 saturated heterocycles. The van der Waals surface area contributed by atoms with E-state index in [2.05, 4.69) is 15.3 Å². The van der Waals surface area contributed by atoms with Gasteiger partial charge in [-0.05, 0) is 32.0 Å². The Morgan fingerprint density at radius 2 is 2.00 bits per heavy atom. The van der Waals surface area contributed by atoms with E-state index in [0.717, 1.165) is 11.0 Å². The number of hydrogen-bond donors (Lipinski definition) is 2. The second kappa shape index (κ2) is 6.11. The first-order valence-electron chi connectivity index (χ1n) is 7.47. The molecule has 0 bridgehead atoms. The number of para-hydroxylation sites is 2. The van der Waals surface area contributed by atoms with Gasteiger partial charge in [0.1, 0.15) is 5.82 Å². The second-order valence-corrected chi connectivity index (χ2v) is 5.54. The topological polar surface area (TPSA) is 101 Å². The quantitative estimate of drug-likeness (QED) is 0.568. The van der Waals surface area contributed by atoms with Crippen LogP contribution in [-0.4, -0.2) is 20.8 Å². The summed E-state index contributed by atoms with van der Waals surface area (Å²) in [6, 6.07) is 11.7. The van der Waals surface area contributed by atoms with Gasteiger partial charge < -0.3 is 10.3 Å². The number of nitrogens with zero attached hydrogens (tertiary/aromatic N) is 2. The molecule has 1 amide bonds. The Kier molecular flexibility index (Phi) is 3.99. The smallest absolute Gasteiger partial charge is 0.273 e. The van der Waals surface area contributed by atoms with Gasteiger partial charge in [0.15, 0.2) is 0 Å². The summed E-state index contributed by atoms with van der Waals surface area (Å²) in [6.07, 6.45) is 0. The molecule has 0 aliphatic carbocycles. The molecule has 0 radical (unpaired) electrons. The number of rotatable bonds is 4. The van der Waals surface area contributed by atoms with Gasteiger partial charge in [0.25, 0.3) is 11.6 Å². The van der Waals surface area contributed by atoms with Crippen molar-refractivity contribution in [2.75, 3.05) is 0 Å². The van der Waals surface area contributed by atoms with E-state index in [-0.39, 0.29) is 23.2 Å². The van der Waals surface area contributed by atoms with Crippen LogP contribution in [-0.2, 0) is 0 Å². The fourth-order valence-electron chi connectivity index (χ4n) is 2.59. The number of benzene rings is 2. The highest BCUT2D eigenvalue weighted by Gasteiger charge is 2.20. The zero-order chi connectivity index (χ0) is 17.3. The average molecular weight is 324 g/mol. The highest BCUT2D eigenvalue weighted by atomic mass is 16.6. The molecular weight excluding hydrogens is 308 g/mol. The normalized spacial score (nSPS) is 12.1. The zero-order valence-corrected chi connectivity index (χ0v) is 13.2. The third kappa shape index (κ3) is 2.83. The molecule has 0 spiro atoms. The first kappa shape index (κ1) is 15.7. The van der Waals surface area contributed by atoms with Crippen LogP contribution in [0.25, 0.3) is 11.0 Å². The summed E-state index contributed by atoms with van der Waals surface area (Å²) < 4.78 is 0. The van der Waals surface area contributed by atoms with Crippen molar-refractivity contribution >= 4 is 22.6 Å². The molecule has 1 atom stereocenters. The lowest BCUT2D eigenvalue weighted by atomic mass is 10.1. The van der Waals surface area contributed by atoms with Crippen LogP contribution in [0.4, 0.5) is 5.69 Å². The maximum absolute atomic E-state index is 12.5. The number of H-pyrrole nitrogens is 1. The van der Waals surface area contributed by atoms with Gasteiger partial charge in [0.2, 0.25) is 0 Å². The highest BCUT2D eigenvalue weighted by Crippen LogP contribution is 2.22. The Morgan fingerprint density at radius 1 is 1.25 bits per heavy atom. The van der Waals surface area contributed by atoms with E-state index < -0.39 is 4.92 Å². The van der Waals surface area contributed by atoms with Crippen molar-refractivity contribution in [1.82, 2.24) is 15.3 Å². The number of nitrogens with one attached hydrogen (secondary N) is 2. The summed E-state index contributed by atoms with van der Waals surface area (Å²) in [7, 11) is 0. The number of fused-ring (bicyclic) bond motifs is 1. The SMILES string of the molecule is Cc1c(C(=O)NC(C)c2nc3ccccc3[nH]2)cccc1[N+](=O)[O-]. The molecule has 3 aromatic rings. The molecule has 1 aromatic heterocycles.